The van der Waals surface area contributed by atoms with Crippen LogP contribution < -0.4 is 0 Å². The molecule has 0 N–H and O–H groups in total. The number of fused-ring (bicyclic) bond motifs is 6. The highest BCUT2D eigenvalue weighted by Gasteiger charge is 2.15. The first-order valence-corrected chi connectivity index (χ1v) is 16.8. The molecule has 0 amide bonds. The van der Waals surface area contributed by atoms with Crippen LogP contribution in [0.2, 0.25) is 0 Å². The Bertz CT molecular complexity index is 2760. The maximum absolute atomic E-state index is 6.37. The van der Waals surface area contributed by atoms with E-state index in [0.29, 0.717) is 0 Å². The molecule has 0 unspecified atom stereocenters. The molecular formula is C46H29N3O. The van der Waals surface area contributed by atoms with Crippen molar-refractivity contribution in [2.75, 3.05) is 0 Å². The Morgan fingerprint density at radius 1 is 0.380 bits per heavy atom. The van der Waals surface area contributed by atoms with Crippen LogP contribution in [0.5, 0.6) is 0 Å². The molecule has 10 aromatic rings. The zero-order valence-electron chi connectivity index (χ0n) is 27.0. The number of rotatable bonds is 5. The average molecular weight is 640 g/mol. The molecule has 0 saturated heterocycles. The van der Waals surface area contributed by atoms with Crippen LogP contribution in [-0.2, 0) is 0 Å². The molecule has 0 spiro atoms. The minimum absolute atomic E-state index is 0.858. The normalized spacial score (nSPS) is 11.6. The van der Waals surface area contributed by atoms with Gasteiger partial charge in [-0.05, 0) is 71.3 Å². The first-order chi connectivity index (χ1) is 24.8. The summed E-state index contributed by atoms with van der Waals surface area (Å²) < 4.78 is 8.67. The lowest BCUT2D eigenvalue weighted by molar-refractivity contribution is 0.669. The summed E-state index contributed by atoms with van der Waals surface area (Å²) in [6.45, 7) is 0. The van der Waals surface area contributed by atoms with Crippen LogP contribution in [0.15, 0.2) is 181 Å². The van der Waals surface area contributed by atoms with Crippen LogP contribution >= 0.6 is 0 Å². The second-order valence-electron chi connectivity index (χ2n) is 12.7. The van der Waals surface area contributed by atoms with Gasteiger partial charge in [-0.1, -0.05) is 109 Å². The van der Waals surface area contributed by atoms with Crippen molar-refractivity contribution in [3.8, 4) is 50.5 Å². The molecule has 4 heteroatoms. The summed E-state index contributed by atoms with van der Waals surface area (Å²) in [6.07, 6.45) is 3.89. The maximum Gasteiger partial charge on any atom is 0.135 e. The van der Waals surface area contributed by atoms with E-state index in [1.165, 1.54) is 21.8 Å². The van der Waals surface area contributed by atoms with Gasteiger partial charge in [0.15, 0.2) is 0 Å². The van der Waals surface area contributed by atoms with Crippen molar-refractivity contribution in [2.45, 2.75) is 0 Å². The van der Waals surface area contributed by atoms with Gasteiger partial charge in [-0.15, -0.1) is 0 Å². The number of aromatic nitrogens is 3. The standard InChI is InChI=1S/C46H29N3O/c1-3-11-30(12-4-1)41-26-34(27-42(48-41)31-13-5-2-6-14-31)32-19-21-45-39(24-32)40-25-33(20-22-46(40)50-45)35-23-36(29-47-28-35)49-43-17-9-7-15-37(43)38-16-8-10-18-44(38)49/h1-29H. The summed E-state index contributed by atoms with van der Waals surface area (Å²) in [5.74, 6) is 0. The van der Waals surface area contributed by atoms with Crippen LogP contribution in [0, 0.1) is 0 Å². The van der Waals surface area contributed by atoms with Gasteiger partial charge in [-0.25, -0.2) is 4.98 Å². The number of nitrogens with zero attached hydrogens (tertiary/aromatic N) is 3. The predicted octanol–water partition coefficient (Wildman–Crippen LogP) is 12.1. The minimum Gasteiger partial charge on any atom is -0.456 e. The zero-order valence-corrected chi connectivity index (χ0v) is 27.0. The summed E-state index contributed by atoms with van der Waals surface area (Å²) >= 11 is 0. The lowest BCUT2D eigenvalue weighted by Crippen LogP contribution is -1.95. The minimum atomic E-state index is 0.858. The van der Waals surface area contributed by atoms with E-state index in [4.69, 9.17) is 14.4 Å². The van der Waals surface area contributed by atoms with Crippen LogP contribution in [0.4, 0.5) is 0 Å². The molecule has 4 aromatic heterocycles. The third kappa shape index (κ3) is 4.69. The predicted molar refractivity (Wildman–Crippen MR) is 205 cm³/mol. The van der Waals surface area contributed by atoms with Crippen LogP contribution in [-0.4, -0.2) is 14.5 Å². The molecule has 0 radical (unpaired) electrons. The molecule has 0 bridgehead atoms. The van der Waals surface area contributed by atoms with E-state index in [1.807, 2.05) is 24.5 Å². The molecule has 4 nitrogen and oxygen atoms in total. The quantitative estimate of drug-likeness (QED) is 0.188. The van der Waals surface area contributed by atoms with E-state index in [0.717, 1.165) is 72.4 Å². The number of para-hydroxylation sites is 2. The summed E-state index contributed by atoms with van der Waals surface area (Å²) in [6, 6.07) is 57.4. The van der Waals surface area contributed by atoms with Crippen molar-refractivity contribution >= 4 is 43.7 Å². The fraction of sp³-hybridized carbons (Fsp3) is 0. The van der Waals surface area contributed by atoms with Gasteiger partial charge in [-0.3, -0.25) is 4.98 Å². The average Bonchev–Trinajstić information content (AvgIpc) is 3.73. The first kappa shape index (κ1) is 28.3. The summed E-state index contributed by atoms with van der Waals surface area (Å²) in [5, 5.41) is 4.61. The molecule has 0 saturated carbocycles. The number of furan rings is 1. The van der Waals surface area contributed by atoms with Crippen molar-refractivity contribution in [3.63, 3.8) is 0 Å². The fourth-order valence-corrected chi connectivity index (χ4v) is 7.26. The van der Waals surface area contributed by atoms with Gasteiger partial charge >= 0.3 is 0 Å². The second kappa shape index (κ2) is 11.4. The summed E-state index contributed by atoms with van der Waals surface area (Å²) in [7, 11) is 0. The highest BCUT2D eigenvalue weighted by Crippen LogP contribution is 2.38. The van der Waals surface area contributed by atoms with Crippen LogP contribution in [0.1, 0.15) is 0 Å². The van der Waals surface area contributed by atoms with Gasteiger partial charge < -0.3 is 8.98 Å². The molecule has 0 aliphatic carbocycles. The van der Waals surface area contributed by atoms with Crippen molar-refractivity contribution in [1.82, 2.24) is 14.5 Å². The Kier molecular flexibility index (Phi) is 6.46. The molecule has 0 aliphatic heterocycles. The van der Waals surface area contributed by atoms with Gasteiger partial charge in [0.2, 0.25) is 0 Å². The van der Waals surface area contributed by atoms with Crippen molar-refractivity contribution in [2.24, 2.45) is 0 Å². The monoisotopic (exact) mass is 639 g/mol. The van der Waals surface area contributed by atoms with Crippen molar-refractivity contribution in [3.05, 3.63) is 176 Å². The molecule has 50 heavy (non-hydrogen) atoms. The number of hydrogen-bond acceptors (Lipinski definition) is 3. The van der Waals surface area contributed by atoms with Gasteiger partial charge in [0.05, 0.1) is 34.3 Å². The SMILES string of the molecule is c1ccc(-c2cc(-c3ccc4oc5ccc(-c6cncc(-n7c8ccccc8c8ccccc87)c6)cc5c4c3)cc(-c3ccccc3)n2)cc1. The topological polar surface area (TPSA) is 43.9 Å². The molecule has 4 heterocycles. The molecular weight excluding hydrogens is 611 g/mol. The number of hydrogen-bond donors (Lipinski definition) is 0. The third-order valence-corrected chi connectivity index (χ3v) is 9.66. The molecule has 0 atom stereocenters. The highest BCUT2D eigenvalue weighted by molar-refractivity contribution is 6.10. The molecule has 6 aromatic carbocycles. The molecule has 0 fully saturated rings. The van der Waals surface area contributed by atoms with E-state index in [9.17, 15) is 0 Å². The van der Waals surface area contributed by atoms with E-state index >= 15 is 0 Å². The lowest BCUT2D eigenvalue weighted by atomic mass is 9.98. The highest BCUT2D eigenvalue weighted by atomic mass is 16.3. The van der Waals surface area contributed by atoms with Gasteiger partial charge in [-0.2, -0.15) is 0 Å². The third-order valence-electron chi connectivity index (χ3n) is 9.66. The van der Waals surface area contributed by atoms with Gasteiger partial charge in [0.1, 0.15) is 11.2 Å². The van der Waals surface area contributed by atoms with Crippen LogP contribution in [0.25, 0.3) is 94.2 Å². The maximum atomic E-state index is 6.37. The smallest absolute Gasteiger partial charge is 0.135 e. The van der Waals surface area contributed by atoms with E-state index < -0.39 is 0 Å². The Morgan fingerprint density at radius 2 is 0.900 bits per heavy atom. The van der Waals surface area contributed by atoms with Crippen molar-refractivity contribution < 1.29 is 4.42 Å². The largest absolute Gasteiger partial charge is 0.456 e. The van der Waals surface area contributed by atoms with E-state index in [2.05, 4.69) is 156 Å². The van der Waals surface area contributed by atoms with E-state index in [-0.39, 0.29) is 0 Å². The van der Waals surface area contributed by atoms with Crippen molar-refractivity contribution in [1.29, 1.82) is 0 Å². The zero-order chi connectivity index (χ0) is 33.0. The Labute approximate surface area is 288 Å². The van der Waals surface area contributed by atoms with E-state index in [1.54, 1.807) is 0 Å². The lowest BCUT2D eigenvalue weighted by Gasteiger charge is -2.11. The fourth-order valence-electron chi connectivity index (χ4n) is 7.26. The van der Waals surface area contributed by atoms with Gasteiger partial charge in [0.25, 0.3) is 0 Å². The Hall–Kier alpha value is -6.78. The van der Waals surface area contributed by atoms with Crippen LogP contribution in [0.3, 0.4) is 0 Å². The summed E-state index contributed by atoms with van der Waals surface area (Å²) in [4.78, 5) is 9.81. The Balaban J connectivity index is 1.10. The number of benzene rings is 6. The van der Waals surface area contributed by atoms with Gasteiger partial charge in [0, 0.05) is 44.4 Å². The number of pyridine rings is 2. The molecule has 234 valence electrons. The molecule has 0 aliphatic rings. The molecule has 10 rings (SSSR count). The first-order valence-electron chi connectivity index (χ1n) is 16.8. The Morgan fingerprint density at radius 3 is 1.48 bits per heavy atom. The summed E-state index contributed by atoms with van der Waals surface area (Å²) in [5.41, 5.74) is 13.5. The second-order valence-corrected chi connectivity index (χ2v) is 12.7.